The number of likely N-dealkylation sites (N-methyl/N-ethyl adjacent to an activating group) is 1. The topological polar surface area (TPSA) is 61.9 Å². The molecule has 3 rings (SSSR count). The van der Waals surface area contributed by atoms with Crippen LogP contribution in [0.1, 0.15) is 10.4 Å². The highest BCUT2D eigenvalue weighted by molar-refractivity contribution is 5.94. The van der Waals surface area contributed by atoms with Crippen molar-refractivity contribution in [2.75, 3.05) is 37.5 Å². The van der Waals surface area contributed by atoms with Crippen LogP contribution >= 0.6 is 0 Å². The largest absolute Gasteiger partial charge is 0.465 e. The van der Waals surface area contributed by atoms with Gasteiger partial charge in [-0.1, -0.05) is 24.3 Å². The van der Waals surface area contributed by atoms with Crippen LogP contribution in [0.3, 0.4) is 0 Å². The average molecular weight is 339 g/mol. The Bertz CT molecular complexity index is 758. The Morgan fingerprint density at radius 2 is 1.84 bits per heavy atom. The fourth-order valence-electron chi connectivity index (χ4n) is 2.78. The van der Waals surface area contributed by atoms with Crippen molar-refractivity contribution < 1.29 is 14.3 Å². The molecule has 2 amide bonds. The van der Waals surface area contributed by atoms with Gasteiger partial charge in [0, 0.05) is 31.5 Å². The van der Waals surface area contributed by atoms with E-state index in [4.69, 9.17) is 4.74 Å². The number of benzene rings is 2. The third kappa shape index (κ3) is 3.74. The maximum atomic E-state index is 12.3. The molecule has 0 aliphatic carbocycles. The molecule has 2 aromatic rings. The van der Waals surface area contributed by atoms with Crippen molar-refractivity contribution in [1.82, 2.24) is 4.90 Å². The van der Waals surface area contributed by atoms with Crippen LogP contribution in [0.25, 0.3) is 0 Å². The number of hydrogen-bond donors (Lipinski definition) is 1. The van der Waals surface area contributed by atoms with Crippen LogP contribution in [0.2, 0.25) is 0 Å². The number of anilines is 2. The Hall–Kier alpha value is -3.02. The van der Waals surface area contributed by atoms with E-state index in [0.717, 1.165) is 5.69 Å². The Morgan fingerprint density at radius 3 is 2.52 bits per heavy atom. The summed E-state index contributed by atoms with van der Waals surface area (Å²) in [7, 11) is 3.37. The summed E-state index contributed by atoms with van der Waals surface area (Å²) in [5, 5.41) is 2.82. The molecular weight excluding hydrogens is 318 g/mol. The van der Waals surface area contributed by atoms with Crippen molar-refractivity contribution >= 4 is 23.4 Å². The molecule has 6 nitrogen and oxygen atoms in total. The quantitative estimate of drug-likeness (QED) is 0.870. The van der Waals surface area contributed by atoms with Crippen molar-refractivity contribution in [3.8, 4) is 0 Å². The van der Waals surface area contributed by atoms with E-state index >= 15 is 0 Å². The lowest BCUT2D eigenvalue weighted by Gasteiger charge is -2.44. The van der Waals surface area contributed by atoms with E-state index in [1.807, 2.05) is 25.2 Å². The van der Waals surface area contributed by atoms with Gasteiger partial charge in [0.2, 0.25) is 0 Å². The first kappa shape index (κ1) is 16.8. The predicted octanol–water partition coefficient (Wildman–Crippen LogP) is 2.83. The average Bonchev–Trinajstić information content (AvgIpc) is 2.60. The molecular formula is C19H21N3O3. The van der Waals surface area contributed by atoms with E-state index in [0.29, 0.717) is 30.4 Å². The third-order valence-corrected chi connectivity index (χ3v) is 4.40. The summed E-state index contributed by atoms with van der Waals surface area (Å²) in [5.74, 6) is -0.426. The van der Waals surface area contributed by atoms with Crippen molar-refractivity contribution in [3.05, 3.63) is 60.2 Å². The van der Waals surface area contributed by atoms with Crippen molar-refractivity contribution in [3.63, 3.8) is 0 Å². The Labute approximate surface area is 147 Å². The SMILES string of the molecule is COC(=O)c1cccc(NC(=O)N2CC(N(C)c3ccccc3)C2)c1. The normalized spacial score (nSPS) is 13.8. The summed E-state index contributed by atoms with van der Waals surface area (Å²) in [5.41, 5.74) is 2.12. The molecule has 1 heterocycles. The molecule has 1 fully saturated rings. The van der Waals surface area contributed by atoms with Crippen LogP contribution in [-0.2, 0) is 4.74 Å². The molecule has 1 N–H and O–H groups in total. The van der Waals surface area contributed by atoms with E-state index in [1.165, 1.54) is 7.11 Å². The minimum Gasteiger partial charge on any atom is -0.465 e. The summed E-state index contributed by atoms with van der Waals surface area (Å²) in [6.45, 7) is 1.32. The van der Waals surface area contributed by atoms with Gasteiger partial charge in [0.1, 0.15) is 0 Å². The van der Waals surface area contributed by atoms with Gasteiger partial charge in [-0.2, -0.15) is 0 Å². The molecule has 1 saturated heterocycles. The zero-order valence-electron chi connectivity index (χ0n) is 14.3. The number of para-hydroxylation sites is 1. The highest BCUT2D eigenvalue weighted by atomic mass is 16.5. The monoisotopic (exact) mass is 339 g/mol. The van der Waals surface area contributed by atoms with Gasteiger partial charge in [0.05, 0.1) is 18.7 Å². The number of likely N-dealkylation sites (tertiary alicyclic amines) is 1. The van der Waals surface area contributed by atoms with Gasteiger partial charge in [-0.25, -0.2) is 9.59 Å². The van der Waals surface area contributed by atoms with Crippen LogP contribution in [0.15, 0.2) is 54.6 Å². The van der Waals surface area contributed by atoms with E-state index in [9.17, 15) is 9.59 Å². The lowest BCUT2D eigenvalue weighted by molar-refractivity contribution is 0.0600. The molecule has 130 valence electrons. The number of methoxy groups -OCH3 is 1. The minimum atomic E-state index is -0.426. The van der Waals surface area contributed by atoms with Gasteiger partial charge in [-0.15, -0.1) is 0 Å². The van der Waals surface area contributed by atoms with Crippen LogP contribution in [-0.4, -0.2) is 50.2 Å². The number of amides is 2. The molecule has 25 heavy (non-hydrogen) atoms. The lowest BCUT2D eigenvalue weighted by Crippen LogP contribution is -2.61. The zero-order valence-corrected chi connectivity index (χ0v) is 14.3. The van der Waals surface area contributed by atoms with Gasteiger partial charge in [-0.05, 0) is 30.3 Å². The van der Waals surface area contributed by atoms with Crippen molar-refractivity contribution in [2.24, 2.45) is 0 Å². The third-order valence-electron chi connectivity index (χ3n) is 4.40. The molecule has 0 spiro atoms. The standard InChI is InChI=1S/C19H21N3O3/c1-21(16-9-4-3-5-10-16)17-12-22(13-17)19(24)20-15-8-6-7-14(11-15)18(23)25-2/h3-11,17H,12-13H2,1-2H3,(H,20,24). The lowest BCUT2D eigenvalue weighted by atomic mass is 10.1. The number of carbonyl (C=O) groups is 2. The number of carbonyl (C=O) groups excluding carboxylic acids is 2. The second-order valence-electron chi connectivity index (χ2n) is 6.01. The van der Waals surface area contributed by atoms with E-state index in [1.54, 1.807) is 29.2 Å². The molecule has 0 saturated carbocycles. The summed E-state index contributed by atoms with van der Waals surface area (Å²) >= 11 is 0. The van der Waals surface area contributed by atoms with Crippen molar-refractivity contribution in [1.29, 1.82) is 0 Å². The maximum absolute atomic E-state index is 12.3. The molecule has 2 aromatic carbocycles. The molecule has 1 aliphatic heterocycles. The van der Waals surface area contributed by atoms with E-state index < -0.39 is 5.97 Å². The maximum Gasteiger partial charge on any atom is 0.337 e. The first-order valence-corrected chi connectivity index (χ1v) is 8.10. The first-order chi connectivity index (χ1) is 12.1. The molecule has 0 aromatic heterocycles. The highest BCUT2D eigenvalue weighted by Crippen LogP contribution is 2.22. The Balaban J connectivity index is 1.55. The van der Waals surface area contributed by atoms with Gasteiger partial charge in [-0.3, -0.25) is 0 Å². The number of ether oxygens (including phenoxy) is 1. The Kier molecular flexibility index (Phi) is 4.88. The van der Waals surface area contributed by atoms with Gasteiger partial charge in [0.15, 0.2) is 0 Å². The van der Waals surface area contributed by atoms with Crippen LogP contribution in [0, 0.1) is 0 Å². The summed E-state index contributed by atoms with van der Waals surface area (Å²) < 4.78 is 4.69. The number of hydrogen-bond acceptors (Lipinski definition) is 4. The molecule has 0 atom stereocenters. The van der Waals surface area contributed by atoms with Gasteiger partial charge < -0.3 is 19.9 Å². The molecule has 0 unspecified atom stereocenters. The number of nitrogens with zero attached hydrogens (tertiary/aromatic N) is 2. The van der Waals surface area contributed by atoms with Gasteiger partial charge >= 0.3 is 12.0 Å². The fraction of sp³-hybridized carbons (Fsp3) is 0.263. The predicted molar refractivity (Wildman–Crippen MR) is 97.0 cm³/mol. The molecule has 0 radical (unpaired) electrons. The van der Waals surface area contributed by atoms with Crippen LogP contribution < -0.4 is 10.2 Å². The molecule has 1 aliphatic rings. The summed E-state index contributed by atoms with van der Waals surface area (Å²) in [6, 6.07) is 17.0. The second-order valence-corrected chi connectivity index (χ2v) is 6.01. The smallest absolute Gasteiger partial charge is 0.337 e. The van der Waals surface area contributed by atoms with Crippen LogP contribution in [0.4, 0.5) is 16.2 Å². The number of urea groups is 1. The second kappa shape index (κ2) is 7.25. The molecule has 6 heteroatoms. The minimum absolute atomic E-state index is 0.167. The fourth-order valence-corrected chi connectivity index (χ4v) is 2.78. The Morgan fingerprint density at radius 1 is 1.12 bits per heavy atom. The van der Waals surface area contributed by atoms with Crippen LogP contribution in [0.5, 0.6) is 0 Å². The van der Waals surface area contributed by atoms with E-state index in [2.05, 4.69) is 22.3 Å². The number of rotatable bonds is 4. The zero-order chi connectivity index (χ0) is 17.8. The van der Waals surface area contributed by atoms with Gasteiger partial charge in [0.25, 0.3) is 0 Å². The first-order valence-electron chi connectivity index (χ1n) is 8.10. The van der Waals surface area contributed by atoms with E-state index in [-0.39, 0.29) is 6.03 Å². The number of esters is 1. The molecule has 0 bridgehead atoms. The van der Waals surface area contributed by atoms with Crippen molar-refractivity contribution in [2.45, 2.75) is 6.04 Å². The summed E-state index contributed by atoms with van der Waals surface area (Å²) in [6.07, 6.45) is 0. The number of nitrogens with one attached hydrogen (secondary N) is 1. The summed E-state index contributed by atoms with van der Waals surface area (Å²) in [4.78, 5) is 27.8. The highest BCUT2D eigenvalue weighted by Gasteiger charge is 2.33.